The molecule has 0 radical (unpaired) electrons. The number of ether oxygens (including phenoxy) is 3. The van der Waals surface area contributed by atoms with Crippen molar-refractivity contribution in [3.8, 4) is 0 Å². The molecule has 4 rings (SSSR count). The van der Waals surface area contributed by atoms with E-state index in [1.807, 2.05) is 0 Å². The summed E-state index contributed by atoms with van der Waals surface area (Å²) in [7, 11) is 0. The Morgan fingerprint density at radius 2 is 2.12 bits per heavy atom. The maximum absolute atomic E-state index is 12.5. The smallest absolute Gasteiger partial charge is 0.431 e. The first-order chi connectivity index (χ1) is 15.6. The lowest BCUT2D eigenvalue weighted by atomic mass is 9.75. The second-order valence-electron chi connectivity index (χ2n) is 9.90. The number of aliphatic hydroxyl groups is 2. The Labute approximate surface area is 193 Å². The third-order valence-electron chi connectivity index (χ3n) is 7.23. The SMILES string of the molecule is CC(C)[C@@H]1CC[C@@H](C)C[C@H]1OC(=O)OC[C@H]1O[C@@](C)(c2ccc3c(N)ncnn23)[C@H](O)[C@@H]1O. The Morgan fingerprint density at radius 1 is 1.36 bits per heavy atom. The van der Waals surface area contributed by atoms with Gasteiger partial charge in [0.15, 0.2) is 5.82 Å². The molecule has 0 unspecified atom stereocenters. The third-order valence-corrected chi connectivity index (χ3v) is 7.23. The van der Waals surface area contributed by atoms with E-state index in [9.17, 15) is 15.0 Å². The molecule has 10 heteroatoms. The van der Waals surface area contributed by atoms with Gasteiger partial charge in [-0.2, -0.15) is 5.10 Å². The summed E-state index contributed by atoms with van der Waals surface area (Å²) < 4.78 is 18.5. The molecule has 3 heterocycles. The van der Waals surface area contributed by atoms with Crippen molar-refractivity contribution in [2.75, 3.05) is 12.3 Å². The van der Waals surface area contributed by atoms with Crippen LogP contribution in [0.4, 0.5) is 10.6 Å². The van der Waals surface area contributed by atoms with Gasteiger partial charge in [-0.05, 0) is 49.7 Å². The van der Waals surface area contributed by atoms with Crippen LogP contribution in [-0.4, -0.2) is 62.0 Å². The molecule has 0 aromatic carbocycles. The molecule has 0 spiro atoms. The van der Waals surface area contributed by atoms with Crippen LogP contribution in [0.25, 0.3) is 5.52 Å². The quantitative estimate of drug-likeness (QED) is 0.570. The molecular weight excluding hydrogens is 428 g/mol. The Hall–Kier alpha value is -2.43. The zero-order valence-corrected chi connectivity index (χ0v) is 19.5. The second kappa shape index (κ2) is 9.08. The number of rotatable bonds is 5. The predicted octanol–water partition coefficient (Wildman–Crippen LogP) is 2.26. The number of aromatic nitrogens is 3. The highest BCUT2D eigenvalue weighted by Crippen LogP contribution is 2.40. The zero-order valence-electron chi connectivity index (χ0n) is 19.5. The molecule has 1 saturated heterocycles. The van der Waals surface area contributed by atoms with Crippen LogP contribution in [0.15, 0.2) is 18.5 Å². The number of nitrogens with two attached hydrogens (primary N) is 1. The number of nitrogen functional groups attached to an aromatic ring is 1. The first kappa shape index (κ1) is 23.7. The van der Waals surface area contributed by atoms with Crippen LogP contribution in [-0.2, 0) is 19.8 Å². The van der Waals surface area contributed by atoms with E-state index in [0.29, 0.717) is 29.0 Å². The van der Waals surface area contributed by atoms with Crippen molar-refractivity contribution < 1.29 is 29.2 Å². The second-order valence-corrected chi connectivity index (χ2v) is 9.90. The lowest BCUT2D eigenvalue weighted by molar-refractivity contribution is -0.0987. The summed E-state index contributed by atoms with van der Waals surface area (Å²) in [6.07, 6.45) is -0.202. The minimum Gasteiger partial charge on any atom is -0.431 e. The maximum Gasteiger partial charge on any atom is 0.508 e. The van der Waals surface area contributed by atoms with E-state index in [2.05, 4.69) is 30.9 Å². The standard InChI is InChI=1S/C23H34N4O6/c1-12(2)14-6-5-13(3)9-16(14)32-22(30)31-10-17-19(28)20(29)23(4,33-17)18-8-7-15-21(24)25-11-26-27(15)18/h7-8,11-14,16-17,19-20,28-29H,5-6,9-10H2,1-4H3,(H2,24,25,26)/t13-,14+,16-,17-,19-,20-,23+/m1/s1. The summed E-state index contributed by atoms with van der Waals surface area (Å²) in [6, 6.07) is 3.43. The lowest BCUT2D eigenvalue weighted by Crippen LogP contribution is -2.40. The van der Waals surface area contributed by atoms with E-state index in [1.54, 1.807) is 19.1 Å². The summed E-state index contributed by atoms with van der Waals surface area (Å²) in [5, 5.41) is 25.6. The Bertz CT molecular complexity index is 996. The number of fused-ring (bicyclic) bond motifs is 1. The molecule has 2 aromatic rings. The van der Waals surface area contributed by atoms with Gasteiger partial charge in [-0.15, -0.1) is 0 Å². The van der Waals surface area contributed by atoms with E-state index in [4.69, 9.17) is 19.9 Å². The molecule has 0 bridgehead atoms. The molecule has 1 aliphatic heterocycles. The monoisotopic (exact) mass is 462 g/mol. The first-order valence-corrected chi connectivity index (χ1v) is 11.6. The number of carbonyl (C=O) groups excluding carboxylic acids is 1. The fourth-order valence-corrected chi connectivity index (χ4v) is 5.21. The summed E-state index contributed by atoms with van der Waals surface area (Å²) in [6.45, 7) is 7.83. The highest BCUT2D eigenvalue weighted by Gasteiger charge is 2.54. The third kappa shape index (κ3) is 4.39. The van der Waals surface area contributed by atoms with Gasteiger partial charge in [0, 0.05) is 0 Å². The molecule has 4 N–H and O–H groups in total. The van der Waals surface area contributed by atoms with Crippen molar-refractivity contribution in [1.82, 2.24) is 14.6 Å². The summed E-state index contributed by atoms with van der Waals surface area (Å²) in [5.74, 6) is 1.47. The first-order valence-electron chi connectivity index (χ1n) is 11.6. The van der Waals surface area contributed by atoms with Gasteiger partial charge in [-0.25, -0.2) is 14.3 Å². The molecule has 182 valence electrons. The van der Waals surface area contributed by atoms with Gasteiger partial charge in [-0.1, -0.05) is 27.2 Å². The number of aliphatic hydroxyl groups excluding tert-OH is 2. The Kier molecular flexibility index (Phi) is 6.52. The van der Waals surface area contributed by atoms with Crippen molar-refractivity contribution in [2.45, 2.75) is 77.0 Å². The molecular formula is C23H34N4O6. The van der Waals surface area contributed by atoms with Crippen molar-refractivity contribution in [3.05, 3.63) is 24.2 Å². The van der Waals surface area contributed by atoms with E-state index in [1.165, 1.54) is 10.8 Å². The molecule has 2 aliphatic rings. The van der Waals surface area contributed by atoms with Gasteiger partial charge in [0.05, 0.1) is 5.69 Å². The largest absolute Gasteiger partial charge is 0.508 e. The van der Waals surface area contributed by atoms with E-state index in [-0.39, 0.29) is 18.5 Å². The number of carbonyl (C=O) groups is 1. The number of hydrogen-bond donors (Lipinski definition) is 3. The Morgan fingerprint density at radius 3 is 2.85 bits per heavy atom. The minimum atomic E-state index is -1.30. The zero-order chi connectivity index (χ0) is 23.9. The molecule has 2 aromatic heterocycles. The molecule has 7 atom stereocenters. The fourth-order valence-electron chi connectivity index (χ4n) is 5.21. The van der Waals surface area contributed by atoms with E-state index in [0.717, 1.165) is 19.3 Å². The van der Waals surface area contributed by atoms with Crippen LogP contribution in [0.5, 0.6) is 0 Å². The molecule has 1 saturated carbocycles. The Balaban J connectivity index is 1.42. The van der Waals surface area contributed by atoms with Gasteiger partial charge in [-0.3, -0.25) is 0 Å². The lowest BCUT2D eigenvalue weighted by Gasteiger charge is -2.36. The van der Waals surface area contributed by atoms with Crippen LogP contribution >= 0.6 is 0 Å². The average molecular weight is 463 g/mol. The number of nitrogens with zero attached hydrogens (tertiary/aromatic N) is 3. The molecule has 1 aliphatic carbocycles. The molecule has 10 nitrogen and oxygen atoms in total. The normalized spacial score (nSPS) is 34.6. The van der Waals surface area contributed by atoms with Crippen molar-refractivity contribution in [2.24, 2.45) is 17.8 Å². The van der Waals surface area contributed by atoms with Crippen molar-refractivity contribution in [1.29, 1.82) is 0 Å². The van der Waals surface area contributed by atoms with Gasteiger partial charge in [0.25, 0.3) is 0 Å². The number of anilines is 1. The van der Waals surface area contributed by atoms with Crippen LogP contribution in [0.2, 0.25) is 0 Å². The van der Waals surface area contributed by atoms with Crippen molar-refractivity contribution >= 4 is 17.5 Å². The van der Waals surface area contributed by atoms with Crippen LogP contribution in [0.3, 0.4) is 0 Å². The van der Waals surface area contributed by atoms with E-state index >= 15 is 0 Å². The molecule has 2 fully saturated rings. The van der Waals surface area contributed by atoms with Crippen LogP contribution < -0.4 is 5.73 Å². The fraction of sp³-hybridized carbons (Fsp3) is 0.696. The van der Waals surface area contributed by atoms with Crippen LogP contribution in [0.1, 0.15) is 52.7 Å². The molecule has 0 amide bonds. The summed E-state index contributed by atoms with van der Waals surface area (Å²) in [4.78, 5) is 16.4. The minimum absolute atomic E-state index is 0.191. The van der Waals surface area contributed by atoms with Crippen LogP contribution in [0, 0.1) is 17.8 Å². The highest BCUT2D eigenvalue weighted by molar-refractivity contribution is 5.65. The maximum atomic E-state index is 12.5. The summed E-state index contributed by atoms with van der Waals surface area (Å²) in [5.41, 5.74) is 5.66. The van der Waals surface area contributed by atoms with Gasteiger partial charge < -0.3 is 30.2 Å². The van der Waals surface area contributed by atoms with Gasteiger partial charge >= 0.3 is 6.16 Å². The number of hydrogen-bond acceptors (Lipinski definition) is 9. The topological polar surface area (TPSA) is 141 Å². The van der Waals surface area contributed by atoms with Gasteiger partial charge in [0.1, 0.15) is 48.5 Å². The van der Waals surface area contributed by atoms with Crippen molar-refractivity contribution in [3.63, 3.8) is 0 Å². The average Bonchev–Trinajstić information content (AvgIpc) is 3.29. The highest BCUT2D eigenvalue weighted by atomic mass is 16.7. The predicted molar refractivity (Wildman–Crippen MR) is 119 cm³/mol. The molecule has 33 heavy (non-hydrogen) atoms. The van der Waals surface area contributed by atoms with E-state index < -0.39 is 30.1 Å². The summed E-state index contributed by atoms with van der Waals surface area (Å²) >= 11 is 0. The van der Waals surface area contributed by atoms with Gasteiger partial charge in [0.2, 0.25) is 0 Å².